The molecule has 2 rings (SSSR count). The highest BCUT2D eigenvalue weighted by atomic mass is 16.5. The Kier molecular flexibility index (Phi) is 8.77. The number of rotatable bonds is 11. The summed E-state index contributed by atoms with van der Waals surface area (Å²) in [6, 6.07) is 14.8. The first-order valence-corrected chi connectivity index (χ1v) is 9.83. The van der Waals surface area contributed by atoms with Crippen LogP contribution in [0.3, 0.4) is 0 Å². The lowest BCUT2D eigenvalue weighted by Gasteiger charge is -2.24. The molecule has 5 nitrogen and oxygen atoms in total. The smallest absolute Gasteiger partial charge is 0.161 e. The van der Waals surface area contributed by atoms with E-state index in [0.29, 0.717) is 24.1 Å². The van der Waals surface area contributed by atoms with Crippen LogP contribution in [0.2, 0.25) is 0 Å². The fourth-order valence-electron chi connectivity index (χ4n) is 2.90. The molecule has 0 heterocycles. The largest absolute Gasteiger partial charge is 0.493 e. The summed E-state index contributed by atoms with van der Waals surface area (Å²) in [5, 5.41) is 13.7. The van der Waals surface area contributed by atoms with Gasteiger partial charge in [0, 0.05) is 25.7 Å². The van der Waals surface area contributed by atoms with Gasteiger partial charge in [-0.05, 0) is 51.1 Å². The van der Waals surface area contributed by atoms with Gasteiger partial charge in [-0.25, -0.2) is 0 Å². The fourth-order valence-corrected chi connectivity index (χ4v) is 2.90. The number of hydrogen-bond acceptors (Lipinski definition) is 5. The fraction of sp³-hybridized carbons (Fsp3) is 0.478. The first kappa shape index (κ1) is 22.2. The van der Waals surface area contributed by atoms with Gasteiger partial charge in [-0.15, -0.1) is 0 Å². The monoisotopic (exact) mass is 386 g/mol. The van der Waals surface area contributed by atoms with Crippen LogP contribution < -0.4 is 14.8 Å². The number of nitrogens with one attached hydrogen (secondary N) is 1. The summed E-state index contributed by atoms with van der Waals surface area (Å²) in [6.45, 7) is 8.64. The quantitative estimate of drug-likeness (QED) is 0.620. The van der Waals surface area contributed by atoms with Crippen molar-refractivity contribution in [3.05, 3.63) is 59.2 Å². The van der Waals surface area contributed by atoms with E-state index < -0.39 is 6.10 Å². The molecule has 2 aromatic rings. The molecule has 0 fully saturated rings. The molecule has 154 valence electrons. The Bertz CT molecular complexity index is 734. The van der Waals surface area contributed by atoms with Gasteiger partial charge in [0.15, 0.2) is 11.5 Å². The lowest BCUT2D eigenvalue weighted by Crippen LogP contribution is -2.37. The number of benzene rings is 2. The van der Waals surface area contributed by atoms with Crippen molar-refractivity contribution >= 4 is 0 Å². The average molecular weight is 387 g/mol. The summed E-state index contributed by atoms with van der Waals surface area (Å²) >= 11 is 0. The van der Waals surface area contributed by atoms with Crippen molar-refractivity contribution in [3.8, 4) is 11.5 Å². The number of nitrogens with zero attached hydrogens (tertiary/aromatic N) is 1. The van der Waals surface area contributed by atoms with Gasteiger partial charge in [-0.3, -0.25) is 0 Å². The van der Waals surface area contributed by atoms with Crippen LogP contribution in [0, 0.1) is 6.92 Å². The van der Waals surface area contributed by atoms with Gasteiger partial charge in [-0.1, -0.05) is 35.9 Å². The van der Waals surface area contributed by atoms with Crippen LogP contribution in [0.4, 0.5) is 0 Å². The first-order valence-electron chi connectivity index (χ1n) is 9.83. The standard InChI is InChI=1S/C23H34N2O3/c1-17(2)25(4)15-21(26)16-28-23-12-20(9-10-22(23)27-5)14-24-13-19-8-6-7-18(3)11-19/h6-12,17,21,24,26H,13-16H2,1-5H3/t21-/m0/s1. The molecular weight excluding hydrogens is 352 g/mol. The van der Waals surface area contributed by atoms with Gasteiger partial charge in [0.1, 0.15) is 12.7 Å². The number of ether oxygens (including phenoxy) is 2. The Labute approximate surface area is 169 Å². The Balaban J connectivity index is 1.91. The number of aliphatic hydroxyl groups is 1. The molecule has 0 aliphatic rings. The Morgan fingerprint density at radius 1 is 1.04 bits per heavy atom. The van der Waals surface area contributed by atoms with Crippen molar-refractivity contribution in [2.45, 2.75) is 46.0 Å². The topological polar surface area (TPSA) is 54.0 Å². The zero-order valence-corrected chi connectivity index (χ0v) is 17.7. The predicted octanol–water partition coefficient (Wildman–Crippen LogP) is 3.37. The first-order chi connectivity index (χ1) is 13.4. The zero-order chi connectivity index (χ0) is 20.5. The summed E-state index contributed by atoms with van der Waals surface area (Å²) in [4.78, 5) is 2.09. The third-order valence-corrected chi connectivity index (χ3v) is 4.78. The van der Waals surface area contributed by atoms with Gasteiger partial charge in [0.2, 0.25) is 0 Å². The number of methoxy groups -OCH3 is 1. The highest BCUT2D eigenvalue weighted by Crippen LogP contribution is 2.28. The van der Waals surface area contributed by atoms with Crippen LogP contribution in [-0.2, 0) is 13.1 Å². The maximum absolute atomic E-state index is 10.2. The van der Waals surface area contributed by atoms with Crippen LogP contribution in [0.25, 0.3) is 0 Å². The molecule has 0 aromatic heterocycles. The summed E-state index contributed by atoms with van der Waals surface area (Å²) < 4.78 is 11.3. The molecule has 0 aliphatic heterocycles. The zero-order valence-electron chi connectivity index (χ0n) is 17.7. The van der Waals surface area contributed by atoms with E-state index >= 15 is 0 Å². The summed E-state index contributed by atoms with van der Waals surface area (Å²) in [6.07, 6.45) is -0.555. The van der Waals surface area contributed by atoms with Crippen LogP contribution >= 0.6 is 0 Å². The molecule has 0 unspecified atom stereocenters. The molecule has 0 saturated carbocycles. The second-order valence-electron chi connectivity index (χ2n) is 7.58. The lowest BCUT2D eigenvalue weighted by atomic mass is 10.1. The predicted molar refractivity (Wildman–Crippen MR) is 114 cm³/mol. The van der Waals surface area contributed by atoms with Crippen molar-refractivity contribution in [1.29, 1.82) is 0 Å². The van der Waals surface area contributed by atoms with E-state index in [4.69, 9.17) is 9.47 Å². The molecule has 1 atom stereocenters. The van der Waals surface area contributed by atoms with Crippen molar-refractivity contribution in [1.82, 2.24) is 10.2 Å². The minimum Gasteiger partial charge on any atom is -0.493 e. The van der Waals surface area contributed by atoms with E-state index in [1.54, 1.807) is 7.11 Å². The van der Waals surface area contributed by atoms with Crippen LogP contribution in [0.5, 0.6) is 11.5 Å². The van der Waals surface area contributed by atoms with E-state index in [1.807, 2.05) is 25.2 Å². The molecule has 0 radical (unpaired) electrons. The van der Waals surface area contributed by atoms with Crippen molar-refractivity contribution in [2.24, 2.45) is 0 Å². The molecule has 28 heavy (non-hydrogen) atoms. The average Bonchev–Trinajstić information content (AvgIpc) is 2.66. The van der Waals surface area contributed by atoms with E-state index in [0.717, 1.165) is 18.7 Å². The van der Waals surface area contributed by atoms with E-state index in [1.165, 1.54) is 11.1 Å². The van der Waals surface area contributed by atoms with E-state index in [2.05, 4.69) is 55.3 Å². The molecule has 5 heteroatoms. The minimum absolute atomic E-state index is 0.230. The third-order valence-electron chi connectivity index (χ3n) is 4.78. The van der Waals surface area contributed by atoms with Crippen molar-refractivity contribution < 1.29 is 14.6 Å². The van der Waals surface area contributed by atoms with Gasteiger partial charge < -0.3 is 24.8 Å². The van der Waals surface area contributed by atoms with Crippen LogP contribution in [-0.4, -0.2) is 49.5 Å². The second-order valence-corrected chi connectivity index (χ2v) is 7.58. The van der Waals surface area contributed by atoms with E-state index in [9.17, 15) is 5.11 Å². The minimum atomic E-state index is -0.555. The Morgan fingerprint density at radius 3 is 2.39 bits per heavy atom. The number of aryl methyl sites for hydroxylation is 1. The van der Waals surface area contributed by atoms with Gasteiger partial charge in [-0.2, -0.15) is 0 Å². The maximum atomic E-state index is 10.2. The Morgan fingerprint density at radius 2 is 1.75 bits per heavy atom. The Hall–Kier alpha value is -2.08. The van der Waals surface area contributed by atoms with Gasteiger partial charge in [0.05, 0.1) is 7.11 Å². The van der Waals surface area contributed by atoms with Crippen LogP contribution in [0.1, 0.15) is 30.5 Å². The SMILES string of the molecule is COc1ccc(CNCc2cccc(C)c2)cc1OC[C@@H](O)CN(C)C(C)C. The summed E-state index contributed by atoms with van der Waals surface area (Å²) in [5.41, 5.74) is 3.64. The molecule has 0 bridgehead atoms. The van der Waals surface area contributed by atoms with Gasteiger partial charge >= 0.3 is 0 Å². The number of likely N-dealkylation sites (N-methyl/N-ethyl adjacent to an activating group) is 1. The molecule has 0 saturated heterocycles. The highest BCUT2D eigenvalue weighted by Gasteiger charge is 2.13. The number of hydrogen-bond donors (Lipinski definition) is 2. The lowest BCUT2D eigenvalue weighted by molar-refractivity contribution is 0.0668. The van der Waals surface area contributed by atoms with E-state index in [-0.39, 0.29) is 6.61 Å². The van der Waals surface area contributed by atoms with Crippen molar-refractivity contribution in [2.75, 3.05) is 27.3 Å². The highest BCUT2D eigenvalue weighted by molar-refractivity contribution is 5.43. The molecule has 2 aromatic carbocycles. The summed E-state index contributed by atoms with van der Waals surface area (Å²) in [7, 11) is 3.62. The second kappa shape index (κ2) is 11.1. The summed E-state index contributed by atoms with van der Waals surface area (Å²) in [5.74, 6) is 1.33. The molecule has 0 amide bonds. The molecule has 2 N–H and O–H groups in total. The maximum Gasteiger partial charge on any atom is 0.161 e. The van der Waals surface area contributed by atoms with Crippen LogP contribution in [0.15, 0.2) is 42.5 Å². The molecular formula is C23H34N2O3. The normalized spacial score (nSPS) is 12.4. The van der Waals surface area contributed by atoms with Crippen molar-refractivity contribution in [3.63, 3.8) is 0 Å². The van der Waals surface area contributed by atoms with Gasteiger partial charge in [0.25, 0.3) is 0 Å². The third kappa shape index (κ3) is 7.15. The molecule has 0 aliphatic carbocycles. The molecule has 0 spiro atoms. The number of aliphatic hydroxyl groups excluding tert-OH is 1.